The summed E-state index contributed by atoms with van der Waals surface area (Å²) in [5, 5.41) is 9.68. The second-order valence-electron chi connectivity index (χ2n) is 7.81. The second-order valence-corrected chi connectivity index (χ2v) is 8.25. The third kappa shape index (κ3) is 4.18. The number of halogens is 1. The van der Waals surface area contributed by atoms with Crippen molar-refractivity contribution in [2.45, 2.75) is 20.0 Å². The summed E-state index contributed by atoms with van der Waals surface area (Å²) in [7, 11) is 0. The zero-order valence-electron chi connectivity index (χ0n) is 17.4. The van der Waals surface area contributed by atoms with Gasteiger partial charge >= 0.3 is 0 Å². The lowest BCUT2D eigenvalue weighted by atomic mass is 10.0. The summed E-state index contributed by atoms with van der Waals surface area (Å²) in [5.74, 6) is 0. The van der Waals surface area contributed by atoms with Gasteiger partial charge in [-0.15, -0.1) is 5.10 Å². The van der Waals surface area contributed by atoms with Crippen LogP contribution >= 0.6 is 11.6 Å². The van der Waals surface area contributed by atoms with Crippen LogP contribution in [0.3, 0.4) is 0 Å². The van der Waals surface area contributed by atoms with Crippen LogP contribution in [0.2, 0.25) is 5.02 Å². The third-order valence-electron chi connectivity index (χ3n) is 5.39. The first kappa shape index (κ1) is 20.2. The van der Waals surface area contributed by atoms with Gasteiger partial charge in [-0.25, -0.2) is 9.67 Å². The normalized spacial score (nSPS) is 11.2. The van der Waals surface area contributed by atoms with Crippen molar-refractivity contribution in [1.82, 2.24) is 24.5 Å². The Bertz CT molecular complexity index is 1450. The smallest absolute Gasteiger partial charge is 0.261 e. The fourth-order valence-electron chi connectivity index (χ4n) is 3.64. The van der Waals surface area contributed by atoms with Gasteiger partial charge in [-0.3, -0.25) is 9.36 Å². The molecule has 0 saturated carbocycles. The molecule has 0 amide bonds. The molecule has 5 rings (SSSR count). The van der Waals surface area contributed by atoms with Gasteiger partial charge in [0.2, 0.25) is 0 Å². The maximum atomic E-state index is 13.2. The molecule has 32 heavy (non-hydrogen) atoms. The van der Waals surface area contributed by atoms with E-state index in [-0.39, 0.29) is 5.56 Å². The topological polar surface area (TPSA) is 65.6 Å². The van der Waals surface area contributed by atoms with Gasteiger partial charge in [0, 0.05) is 5.02 Å². The van der Waals surface area contributed by atoms with Gasteiger partial charge in [0.05, 0.1) is 36.5 Å². The van der Waals surface area contributed by atoms with E-state index in [9.17, 15) is 4.79 Å². The number of nitrogens with zero attached hydrogens (tertiary/aromatic N) is 5. The molecule has 7 heteroatoms. The lowest BCUT2D eigenvalue weighted by Gasteiger charge is -2.07. The summed E-state index contributed by atoms with van der Waals surface area (Å²) < 4.78 is 3.31. The molecule has 0 saturated heterocycles. The molecule has 0 spiro atoms. The molecule has 158 valence electrons. The monoisotopic (exact) mass is 441 g/mol. The molecular formula is C25H20ClN5O. The summed E-state index contributed by atoms with van der Waals surface area (Å²) in [6, 6.07) is 21.6. The highest BCUT2D eigenvalue weighted by atomic mass is 35.5. The van der Waals surface area contributed by atoms with Crippen molar-refractivity contribution in [1.29, 1.82) is 0 Å². The van der Waals surface area contributed by atoms with Gasteiger partial charge in [0.1, 0.15) is 5.69 Å². The summed E-state index contributed by atoms with van der Waals surface area (Å²) in [4.78, 5) is 17.6. The molecule has 2 heterocycles. The number of aromatic nitrogens is 5. The Morgan fingerprint density at radius 2 is 1.66 bits per heavy atom. The fourth-order valence-corrected chi connectivity index (χ4v) is 3.76. The van der Waals surface area contributed by atoms with E-state index in [0.29, 0.717) is 34.7 Å². The SMILES string of the molecule is Cc1ccc(-c2ccc3ncn(Cc4cn(Cc5ccc(Cl)cc5)nn4)c(=O)c3c2)cc1. The Kier molecular flexibility index (Phi) is 5.29. The first-order valence-electron chi connectivity index (χ1n) is 10.2. The molecular weight excluding hydrogens is 422 g/mol. The van der Waals surface area contributed by atoms with Crippen molar-refractivity contribution in [3.63, 3.8) is 0 Å². The molecule has 2 aromatic heterocycles. The van der Waals surface area contributed by atoms with Gasteiger partial charge in [0.15, 0.2) is 0 Å². The summed E-state index contributed by atoms with van der Waals surface area (Å²) in [6.07, 6.45) is 3.41. The molecule has 5 aromatic rings. The van der Waals surface area contributed by atoms with Crippen LogP contribution in [0.1, 0.15) is 16.8 Å². The Morgan fingerprint density at radius 1 is 0.906 bits per heavy atom. The first-order valence-corrected chi connectivity index (χ1v) is 10.6. The first-order chi connectivity index (χ1) is 15.5. The van der Waals surface area contributed by atoms with E-state index in [1.54, 1.807) is 15.6 Å². The van der Waals surface area contributed by atoms with Crippen LogP contribution in [-0.2, 0) is 13.1 Å². The lowest BCUT2D eigenvalue weighted by molar-refractivity contribution is 0.648. The Balaban J connectivity index is 1.41. The molecule has 0 aliphatic carbocycles. The lowest BCUT2D eigenvalue weighted by Crippen LogP contribution is -2.21. The van der Waals surface area contributed by atoms with Crippen LogP contribution < -0.4 is 5.56 Å². The molecule has 0 radical (unpaired) electrons. The highest BCUT2D eigenvalue weighted by molar-refractivity contribution is 6.30. The molecule has 0 bridgehead atoms. The van der Waals surface area contributed by atoms with Crippen molar-refractivity contribution < 1.29 is 0 Å². The van der Waals surface area contributed by atoms with Gasteiger partial charge < -0.3 is 0 Å². The number of benzene rings is 3. The minimum Gasteiger partial charge on any atom is -0.293 e. The average molecular weight is 442 g/mol. The van der Waals surface area contributed by atoms with Crippen molar-refractivity contribution in [2.75, 3.05) is 0 Å². The number of hydrogen-bond acceptors (Lipinski definition) is 4. The molecule has 0 fully saturated rings. The highest BCUT2D eigenvalue weighted by Crippen LogP contribution is 2.22. The second kappa shape index (κ2) is 8.40. The number of rotatable bonds is 5. The third-order valence-corrected chi connectivity index (χ3v) is 5.64. The molecule has 0 unspecified atom stereocenters. The number of hydrogen-bond donors (Lipinski definition) is 0. The van der Waals surface area contributed by atoms with Crippen LogP contribution in [0.5, 0.6) is 0 Å². The standard InChI is InChI=1S/C25H20ClN5O/c1-17-2-6-19(7-3-17)20-8-11-24-23(12-20)25(32)30(16-27-24)14-22-15-31(29-28-22)13-18-4-9-21(26)10-5-18/h2-12,15-16H,13-14H2,1H3. The van der Waals surface area contributed by atoms with E-state index >= 15 is 0 Å². The predicted octanol–water partition coefficient (Wildman–Crippen LogP) is 4.71. The quantitative estimate of drug-likeness (QED) is 0.396. The van der Waals surface area contributed by atoms with E-state index in [4.69, 9.17) is 11.6 Å². The van der Waals surface area contributed by atoms with Gasteiger partial charge in [-0.05, 0) is 47.9 Å². The molecule has 0 aliphatic heterocycles. The Hall–Kier alpha value is -3.77. The number of fused-ring (bicyclic) bond motifs is 1. The maximum Gasteiger partial charge on any atom is 0.261 e. The summed E-state index contributed by atoms with van der Waals surface area (Å²) in [6.45, 7) is 2.94. The Morgan fingerprint density at radius 3 is 2.44 bits per heavy atom. The van der Waals surface area contributed by atoms with Crippen LogP contribution in [-0.4, -0.2) is 24.5 Å². The van der Waals surface area contributed by atoms with Gasteiger partial charge in [0.25, 0.3) is 5.56 Å². The van der Waals surface area contributed by atoms with E-state index in [1.807, 2.05) is 48.7 Å². The maximum absolute atomic E-state index is 13.2. The van der Waals surface area contributed by atoms with E-state index in [1.165, 1.54) is 5.56 Å². The van der Waals surface area contributed by atoms with Gasteiger partial charge in [-0.2, -0.15) is 0 Å². The highest BCUT2D eigenvalue weighted by Gasteiger charge is 2.09. The Labute approximate surface area is 189 Å². The van der Waals surface area contributed by atoms with Crippen molar-refractivity contribution in [2.24, 2.45) is 0 Å². The molecule has 0 N–H and O–H groups in total. The fraction of sp³-hybridized carbons (Fsp3) is 0.120. The van der Waals surface area contributed by atoms with Crippen LogP contribution in [0, 0.1) is 6.92 Å². The largest absolute Gasteiger partial charge is 0.293 e. The zero-order valence-corrected chi connectivity index (χ0v) is 18.2. The number of aryl methyl sites for hydroxylation is 1. The molecule has 3 aromatic carbocycles. The van der Waals surface area contributed by atoms with E-state index in [0.717, 1.165) is 16.7 Å². The van der Waals surface area contributed by atoms with Crippen molar-refractivity contribution in [3.8, 4) is 11.1 Å². The molecule has 0 aliphatic rings. The van der Waals surface area contributed by atoms with Crippen molar-refractivity contribution in [3.05, 3.63) is 111 Å². The van der Waals surface area contributed by atoms with Gasteiger partial charge in [-0.1, -0.05) is 64.8 Å². The van der Waals surface area contributed by atoms with Crippen LogP contribution in [0.4, 0.5) is 0 Å². The van der Waals surface area contributed by atoms with Crippen molar-refractivity contribution >= 4 is 22.5 Å². The molecule has 6 nitrogen and oxygen atoms in total. The van der Waals surface area contributed by atoms with E-state index < -0.39 is 0 Å². The predicted molar refractivity (Wildman–Crippen MR) is 126 cm³/mol. The van der Waals surface area contributed by atoms with Crippen LogP contribution in [0.15, 0.2) is 84.0 Å². The average Bonchev–Trinajstić information content (AvgIpc) is 3.24. The minimum atomic E-state index is -0.101. The molecule has 0 atom stereocenters. The van der Waals surface area contributed by atoms with Crippen LogP contribution in [0.25, 0.3) is 22.0 Å². The summed E-state index contributed by atoms with van der Waals surface area (Å²) >= 11 is 5.94. The van der Waals surface area contributed by atoms with E-state index in [2.05, 4.69) is 46.5 Å². The minimum absolute atomic E-state index is 0.101. The zero-order chi connectivity index (χ0) is 22.1. The summed E-state index contributed by atoms with van der Waals surface area (Å²) in [5.41, 5.74) is 5.59.